The molecule has 0 saturated heterocycles. The first-order valence-corrected chi connectivity index (χ1v) is 3.68. The van der Waals surface area contributed by atoms with Crippen LogP contribution in [0.4, 0.5) is 0 Å². The van der Waals surface area contributed by atoms with Crippen molar-refractivity contribution in [2.75, 3.05) is 26.2 Å². The maximum atomic E-state index is 10.2. The second-order valence-electron chi connectivity index (χ2n) is 2.14. The van der Waals surface area contributed by atoms with Crippen LogP contribution in [0.2, 0.25) is 0 Å². The Morgan fingerprint density at radius 3 is 1.69 bits per heavy atom. The number of nitrogens with one attached hydrogen (secondary N) is 2. The van der Waals surface area contributed by atoms with Gasteiger partial charge in [-0.1, -0.05) is 0 Å². The highest BCUT2D eigenvalue weighted by atomic mass is 16.1. The minimum Gasteiger partial charge on any atom is -0.346 e. The fraction of sp³-hybridized carbons (Fsp3) is 0.571. The van der Waals surface area contributed by atoms with Crippen LogP contribution in [0.1, 0.15) is 0 Å². The van der Waals surface area contributed by atoms with Crippen molar-refractivity contribution in [3.05, 3.63) is 0 Å². The summed E-state index contributed by atoms with van der Waals surface area (Å²) in [4.78, 5) is 31.0. The number of hydrogen-bond donors (Lipinski definition) is 2. The maximum Gasteiger partial charge on any atom is 0.312 e. The van der Waals surface area contributed by atoms with E-state index in [9.17, 15) is 14.4 Å². The summed E-state index contributed by atoms with van der Waals surface area (Å²) >= 11 is 0. The van der Waals surface area contributed by atoms with Gasteiger partial charge in [0.2, 0.25) is 0 Å². The van der Waals surface area contributed by atoms with Crippen molar-refractivity contribution >= 4 is 19.2 Å². The average Bonchev–Trinajstić information content (AvgIpc) is 2.16. The number of amides is 3. The van der Waals surface area contributed by atoms with E-state index in [-0.39, 0.29) is 0 Å². The first-order valence-electron chi connectivity index (χ1n) is 3.68. The Labute approximate surface area is 76.3 Å². The van der Waals surface area contributed by atoms with Crippen molar-refractivity contribution in [3.8, 4) is 0 Å². The van der Waals surface area contributed by atoms with E-state index in [1.54, 1.807) is 6.41 Å². The van der Waals surface area contributed by atoms with E-state index in [0.717, 1.165) is 0 Å². The van der Waals surface area contributed by atoms with Crippen LogP contribution in [-0.4, -0.2) is 50.3 Å². The van der Waals surface area contributed by atoms with E-state index in [1.165, 1.54) is 17.7 Å². The first kappa shape index (κ1) is 11.4. The molecule has 6 heteroatoms. The molecule has 0 aliphatic heterocycles. The number of nitrogens with zero attached hydrogens (tertiary/aromatic N) is 1. The van der Waals surface area contributed by atoms with Gasteiger partial charge in [-0.05, 0) is 0 Å². The molecule has 71 valence electrons. The molecule has 0 spiro atoms. The lowest BCUT2D eigenvalue weighted by atomic mass is 10.5. The number of hydrogen-bond acceptors (Lipinski definition) is 3. The Morgan fingerprint density at radius 2 is 1.38 bits per heavy atom. The van der Waals surface area contributed by atoms with Gasteiger partial charge in [-0.2, -0.15) is 0 Å². The molecular formula is C7H10N3O3. The Hall–Kier alpha value is -1.59. The predicted molar refractivity (Wildman–Crippen MR) is 44.7 cm³/mol. The lowest BCUT2D eigenvalue weighted by molar-refractivity contribution is 0.381. The summed E-state index contributed by atoms with van der Waals surface area (Å²) in [5.41, 5.74) is 0. The second kappa shape index (κ2) is 8.51. The summed E-state index contributed by atoms with van der Waals surface area (Å²) in [5, 5.41) is 4.56. The van der Waals surface area contributed by atoms with Crippen molar-refractivity contribution in [1.29, 1.82) is 0 Å². The van der Waals surface area contributed by atoms with Crippen molar-refractivity contribution in [2.45, 2.75) is 0 Å². The van der Waals surface area contributed by atoms with Gasteiger partial charge in [0, 0.05) is 26.2 Å². The SMILES string of the molecule is O=[C]NCCN([C]=O)CCN[C]=O. The highest BCUT2D eigenvalue weighted by Gasteiger charge is 2.00. The van der Waals surface area contributed by atoms with Crippen molar-refractivity contribution in [2.24, 2.45) is 0 Å². The van der Waals surface area contributed by atoms with Crippen LogP contribution >= 0.6 is 0 Å². The fourth-order valence-corrected chi connectivity index (χ4v) is 0.687. The van der Waals surface area contributed by atoms with E-state index in [2.05, 4.69) is 10.6 Å². The Balaban J connectivity index is 3.44. The summed E-state index contributed by atoms with van der Waals surface area (Å²) in [6, 6.07) is 0. The molecule has 6 nitrogen and oxygen atoms in total. The molecule has 3 radical (unpaired) electrons. The number of rotatable bonds is 9. The van der Waals surface area contributed by atoms with Crippen LogP contribution in [0.15, 0.2) is 0 Å². The van der Waals surface area contributed by atoms with Gasteiger partial charge in [0.25, 0.3) is 0 Å². The van der Waals surface area contributed by atoms with E-state index < -0.39 is 0 Å². The van der Waals surface area contributed by atoms with Crippen LogP contribution in [-0.2, 0) is 14.4 Å². The summed E-state index contributed by atoms with van der Waals surface area (Å²) in [6.45, 7) is 1.34. The van der Waals surface area contributed by atoms with Gasteiger partial charge in [0.05, 0.1) is 0 Å². The Bertz CT molecular complexity index is 149. The average molecular weight is 184 g/mol. The summed E-state index contributed by atoms with van der Waals surface area (Å²) in [5.74, 6) is 0. The lowest BCUT2D eigenvalue weighted by Gasteiger charge is -2.14. The van der Waals surface area contributed by atoms with Crippen LogP contribution in [0.25, 0.3) is 0 Å². The summed E-state index contributed by atoms with van der Waals surface area (Å²) in [6.07, 6.45) is 4.62. The molecule has 0 unspecified atom stereocenters. The summed E-state index contributed by atoms with van der Waals surface area (Å²) < 4.78 is 0. The molecule has 0 fully saturated rings. The predicted octanol–water partition coefficient (Wildman–Crippen LogP) is -2.33. The Morgan fingerprint density at radius 1 is 0.923 bits per heavy atom. The van der Waals surface area contributed by atoms with Crippen LogP contribution in [0, 0.1) is 0 Å². The second-order valence-corrected chi connectivity index (χ2v) is 2.14. The fourth-order valence-electron chi connectivity index (χ4n) is 0.687. The number of carbonyl (C=O) groups excluding carboxylic acids is 3. The molecule has 0 bridgehead atoms. The zero-order valence-electron chi connectivity index (χ0n) is 7.00. The van der Waals surface area contributed by atoms with Gasteiger partial charge in [-0.3, -0.25) is 14.4 Å². The smallest absolute Gasteiger partial charge is 0.312 e. The molecular weight excluding hydrogens is 174 g/mol. The molecule has 2 N–H and O–H groups in total. The third kappa shape index (κ3) is 6.79. The third-order valence-corrected chi connectivity index (χ3v) is 1.29. The first-order chi connectivity index (χ1) is 6.35. The largest absolute Gasteiger partial charge is 0.346 e. The van der Waals surface area contributed by atoms with Crippen LogP contribution < -0.4 is 10.6 Å². The van der Waals surface area contributed by atoms with Gasteiger partial charge in [0.15, 0.2) is 0 Å². The molecule has 0 aliphatic rings. The normalized spacial score (nSPS) is 8.62. The zero-order chi connectivity index (χ0) is 9.94. The highest BCUT2D eigenvalue weighted by Crippen LogP contribution is 1.78. The molecule has 0 heterocycles. The van der Waals surface area contributed by atoms with E-state index in [1.807, 2.05) is 0 Å². The minimum atomic E-state index is 0.323. The lowest BCUT2D eigenvalue weighted by Crippen LogP contribution is -2.35. The molecule has 0 aromatic heterocycles. The van der Waals surface area contributed by atoms with Gasteiger partial charge in [-0.15, -0.1) is 0 Å². The minimum absolute atomic E-state index is 0.323. The van der Waals surface area contributed by atoms with Gasteiger partial charge in [-0.25, -0.2) is 0 Å². The van der Waals surface area contributed by atoms with Crippen molar-refractivity contribution < 1.29 is 14.4 Å². The quantitative estimate of drug-likeness (QED) is 0.311. The molecule has 0 saturated carbocycles. The van der Waals surface area contributed by atoms with Gasteiger partial charge in [0.1, 0.15) is 0 Å². The molecule has 3 amide bonds. The summed E-state index contributed by atoms with van der Waals surface area (Å²) in [7, 11) is 0. The molecule has 0 aromatic rings. The van der Waals surface area contributed by atoms with Crippen molar-refractivity contribution in [1.82, 2.24) is 15.5 Å². The van der Waals surface area contributed by atoms with E-state index in [0.29, 0.717) is 26.2 Å². The van der Waals surface area contributed by atoms with E-state index in [4.69, 9.17) is 0 Å². The molecule has 0 atom stereocenters. The van der Waals surface area contributed by atoms with Gasteiger partial charge >= 0.3 is 19.2 Å². The maximum absolute atomic E-state index is 10.2. The standard InChI is InChI=1S/C7H10N3O3/c11-5-8-1-3-10(7-13)4-2-9-6-12/h1-4H2,(H,8,11)(H,9,12). The van der Waals surface area contributed by atoms with Gasteiger partial charge < -0.3 is 15.5 Å². The molecule has 0 rings (SSSR count). The third-order valence-electron chi connectivity index (χ3n) is 1.29. The monoisotopic (exact) mass is 184 g/mol. The molecule has 13 heavy (non-hydrogen) atoms. The van der Waals surface area contributed by atoms with E-state index >= 15 is 0 Å². The topological polar surface area (TPSA) is 78.5 Å². The highest BCUT2D eigenvalue weighted by molar-refractivity contribution is 5.50. The van der Waals surface area contributed by atoms with Crippen molar-refractivity contribution in [3.63, 3.8) is 0 Å². The Kier molecular flexibility index (Phi) is 7.47. The molecule has 0 aromatic carbocycles. The van der Waals surface area contributed by atoms with Crippen LogP contribution in [0.3, 0.4) is 0 Å². The molecule has 0 aliphatic carbocycles. The zero-order valence-corrected chi connectivity index (χ0v) is 7.00. The van der Waals surface area contributed by atoms with Crippen LogP contribution in [0.5, 0.6) is 0 Å².